The van der Waals surface area contributed by atoms with Gasteiger partial charge in [-0.15, -0.1) is 11.6 Å². The highest BCUT2D eigenvalue weighted by Gasteiger charge is 2.24. The van der Waals surface area contributed by atoms with E-state index in [1.807, 2.05) is 0 Å². The quantitative estimate of drug-likeness (QED) is 0.615. The third-order valence-corrected chi connectivity index (χ3v) is 2.12. The van der Waals surface area contributed by atoms with Gasteiger partial charge in [-0.05, 0) is 12.8 Å². The number of rotatable bonds is 4. The van der Waals surface area contributed by atoms with Crippen LogP contribution in [0.2, 0.25) is 0 Å². The molecule has 11 heavy (non-hydrogen) atoms. The molecule has 0 radical (unpaired) electrons. The van der Waals surface area contributed by atoms with Crippen LogP contribution in [0.3, 0.4) is 0 Å². The number of hydrogen-bond donors (Lipinski definition) is 0. The molecule has 0 spiro atoms. The van der Waals surface area contributed by atoms with Crippen LogP contribution in [0, 0.1) is 0 Å². The van der Waals surface area contributed by atoms with E-state index in [-0.39, 0.29) is 12.4 Å². The Morgan fingerprint density at radius 3 is 2.91 bits per heavy atom. The second kappa shape index (κ2) is 4.96. The van der Waals surface area contributed by atoms with Crippen molar-refractivity contribution >= 4 is 11.6 Å². The molecule has 1 aliphatic rings. The van der Waals surface area contributed by atoms with Crippen molar-refractivity contribution in [3.8, 4) is 0 Å². The van der Waals surface area contributed by atoms with Gasteiger partial charge in [0.2, 0.25) is 0 Å². The van der Waals surface area contributed by atoms with Crippen molar-refractivity contribution in [2.75, 3.05) is 12.5 Å². The Labute approximate surface area is 72.8 Å². The fourth-order valence-corrected chi connectivity index (χ4v) is 1.27. The van der Waals surface area contributed by atoms with Crippen LogP contribution in [0.15, 0.2) is 0 Å². The molecule has 0 aromatic carbocycles. The van der Waals surface area contributed by atoms with Crippen LogP contribution in [0.25, 0.3) is 0 Å². The lowest BCUT2D eigenvalue weighted by Crippen LogP contribution is -2.13. The predicted octanol–water partition coefficient (Wildman–Crippen LogP) is 2.16. The molecule has 1 aliphatic heterocycles. The van der Waals surface area contributed by atoms with Crippen molar-refractivity contribution in [3.05, 3.63) is 0 Å². The van der Waals surface area contributed by atoms with Crippen LogP contribution in [-0.2, 0) is 9.47 Å². The van der Waals surface area contributed by atoms with Crippen molar-refractivity contribution in [3.63, 3.8) is 0 Å². The molecule has 0 N–H and O–H groups in total. The first kappa shape index (κ1) is 9.30. The van der Waals surface area contributed by atoms with Gasteiger partial charge in [-0.2, -0.15) is 0 Å². The van der Waals surface area contributed by atoms with E-state index >= 15 is 0 Å². The highest BCUT2D eigenvalue weighted by molar-refractivity contribution is 6.18. The van der Waals surface area contributed by atoms with Gasteiger partial charge in [0, 0.05) is 0 Å². The number of hydrogen-bond acceptors (Lipinski definition) is 2. The van der Waals surface area contributed by atoms with E-state index in [1.165, 1.54) is 12.8 Å². The van der Waals surface area contributed by atoms with E-state index in [2.05, 4.69) is 6.92 Å². The number of alkyl halides is 1. The van der Waals surface area contributed by atoms with Crippen molar-refractivity contribution in [2.45, 2.75) is 38.6 Å². The summed E-state index contributed by atoms with van der Waals surface area (Å²) in [5.74, 6) is 0.544. The van der Waals surface area contributed by atoms with Crippen LogP contribution in [-0.4, -0.2) is 24.9 Å². The van der Waals surface area contributed by atoms with Gasteiger partial charge in [-0.25, -0.2) is 0 Å². The first-order valence-electron chi connectivity index (χ1n) is 4.19. The molecule has 66 valence electrons. The van der Waals surface area contributed by atoms with Gasteiger partial charge in [0.25, 0.3) is 0 Å². The van der Waals surface area contributed by atoms with Gasteiger partial charge < -0.3 is 9.47 Å². The summed E-state index contributed by atoms with van der Waals surface area (Å²) >= 11 is 5.60. The van der Waals surface area contributed by atoms with Gasteiger partial charge >= 0.3 is 0 Å². The van der Waals surface area contributed by atoms with Gasteiger partial charge in [-0.1, -0.05) is 13.3 Å². The van der Waals surface area contributed by atoms with Gasteiger partial charge in [-0.3, -0.25) is 0 Å². The van der Waals surface area contributed by atoms with E-state index < -0.39 is 0 Å². The molecule has 0 aliphatic carbocycles. The highest BCUT2D eigenvalue weighted by atomic mass is 35.5. The van der Waals surface area contributed by atoms with Crippen molar-refractivity contribution in [2.24, 2.45) is 0 Å². The monoisotopic (exact) mass is 178 g/mol. The summed E-state index contributed by atoms with van der Waals surface area (Å²) in [5.41, 5.74) is 0. The predicted molar refractivity (Wildman–Crippen MR) is 44.9 cm³/mol. The molecule has 3 heteroatoms. The maximum Gasteiger partial charge on any atom is 0.158 e. The van der Waals surface area contributed by atoms with E-state index in [1.54, 1.807) is 0 Å². The van der Waals surface area contributed by atoms with E-state index in [0.717, 1.165) is 6.42 Å². The number of ether oxygens (including phenoxy) is 2. The molecular formula is C8H15ClO2. The smallest absolute Gasteiger partial charge is 0.158 e. The molecule has 1 rings (SSSR count). The van der Waals surface area contributed by atoms with Crippen LogP contribution < -0.4 is 0 Å². The summed E-state index contributed by atoms with van der Waals surface area (Å²) in [4.78, 5) is 0. The Kier molecular flexibility index (Phi) is 4.20. The molecule has 0 unspecified atom stereocenters. The van der Waals surface area contributed by atoms with E-state index in [4.69, 9.17) is 21.1 Å². The maximum atomic E-state index is 5.60. The van der Waals surface area contributed by atoms with Crippen LogP contribution in [0.5, 0.6) is 0 Å². The Bertz CT molecular complexity index is 108. The largest absolute Gasteiger partial charge is 0.350 e. The zero-order valence-corrected chi connectivity index (χ0v) is 7.64. The summed E-state index contributed by atoms with van der Waals surface area (Å²) in [5, 5.41) is 0. The van der Waals surface area contributed by atoms with E-state index in [0.29, 0.717) is 12.5 Å². The molecular weight excluding hydrogens is 164 g/mol. The minimum atomic E-state index is 0.0127. The maximum absolute atomic E-state index is 5.60. The normalized spacial score (nSPS) is 31.1. The first-order chi connectivity index (χ1) is 5.36. The average Bonchev–Trinajstić information content (AvgIpc) is 2.48. The van der Waals surface area contributed by atoms with Crippen molar-refractivity contribution in [1.82, 2.24) is 0 Å². The second-order valence-corrected chi connectivity index (χ2v) is 3.13. The summed E-state index contributed by atoms with van der Waals surface area (Å²) in [6.45, 7) is 2.83. The third kappa shape index (κ3) is 2.97. The molecule has 0 aromatic heterocycles. The Balaban J connectivity index is 2.09. The lowest BCUT2D eigenvalue weighted by molar-refractivity contribution is -0.0597. The fraction of sp³-hybridized carbons (Fsp3) is 1.00. The SMILES string of the molecule is CCCC[C@@H]1OC[C@@H](CCl)O1. The topological polar surface area (TPSA) is 18.5 Å². The van der Waals surface area contributed by atoms with Crippen LogP contribution >= 0.6 is 11.6 Å². The lowest BCUT2D eigenvalue weighted by atomic mass is 10.2. The fourth-order valence-electron chi connectivity index (χ4n) is 1.11. The summed E-state index contributed by atoms with van der Waals surface area (Å²) in [6, 6.07) is 0. The van der Waals surface area contributed by atoms with Crippen LogP contribution in [0.1, 0.15) is 26.2 Å². The minimum absolute atomic E-state index is 0.0127. The molecule has 1 fully saturated rings. The Morgan fingerprint density at radius 2 is 2.36 bits per heavy atom. The molecule has 2 nitrogen and oxygen atoms in total. The van der Waals surface area contributed by atoms with Crippen LogP contribution in [0.4, 0.5) is 0 Å². The van der Waals surface area contributed by atoms with Gasteiger partial charge in [0.1, 0.15) is 0 Å². The molecule has 1 heterocycles. The molecule has 0 bridgehead atoms. The lowest BCUT2D eigenvalue weighted by Gasteiger charge is -2.08. The molecule has 0 aromatic rings. The summed E-state index contributed by atoms with van der Waals surface area (Å²) in [7, 11) is 0. The number of halogens is 1. The third-order valence-electron chi connectivity index (χ3n) is 1.78. The molecule has 2 atom stereocenters. The summed E-state index contributed by atoms with van der Waals surface area (Å²) in [6.07, 6.45) is 3.50. The zero-order chi connectivity index (χ0) is 8.10. The standard InChI is InChI=1S/C8H15ClO2/c1-2-3-4-8-10-6-7(5-9)11-8/h7-8H,2-6H2,1H3/t7-,8-/m1/s1. The Hall–Kier alpha value is 0.210. The molecule has 0 amide bonds. The Morgan fingerprint density at radius 1 is 1.55 bits per heavy atom. The highest BCUT2D eigenvalue weighted by Crippen LogP contribution is 2.17. The zero-order valence-electron chi connectivity index (χ0n) is 6.88. The molecule has 0 saturated carbocycles. The average molecular weight is 179 g/mol. The minimum Gasteiger partial charge on any atom is -0.350 e. The number of unbranched alkanes of at least 4 members (excludes halogenated alkanes) is 1. The summed E-state index contributed by atoms with van der Waals surface area (Å²) < 4.78 is 10.8. The van der Waals surface area contributed by atoms with Gasteiger partial charge in [0.15, 0.2) is 6.29 Å². The van der Waals surface area contributed by atoms with Crippen molar-refractivity contribution in [1.29, 1.82) is 0 Å². The van der Waals surface area contributed by atoms with E-state index in [9.17, 15) is 0 Å². The first-order valence-corrected chi connectivity index (χ1v) is 4.73. The second-order valence-electron chi connectivity index (χ2n) is 2.82. The van der Waals surface area contributed by atoms with Crippen molar-refractivity contribution < 1.29 is 9.47 Å². The van der Waals surface area contributed by atoms with Gasteiger partial charge in [0.05, 0.1) is 18.6 Å². The molecule has 1 saturated heterocycles.